The fourth-order valence-electron chi connectivity index (χ4n) is 2.40. The smallest absolute Gasteiger partial charge is 0.265 e. The third kappa shape index (κ3) is 5.28. The van der Waals surface area contributed by atoms with Crippen LogP contribution in [0.1, 0.15) is 20.8 Å². The molecule has 0 aliphatic rings. The molecule has 0 radical (unpaired) electrons. The molecule has 2 aromatic carbocycles. The van der Waals surface area contributed by atoms with E-state index in [9.17, 15) is 4.79 Å². The summed E-state index contributed by atoms with van der Waals surface area (Å²) in [5.74, 6) is 0.173. The number of hydrogen-bond acceptors (Lipinski definition) is 3. The van der Waals surface area contributed by atoms with Gasteiger partial charge in [-0.3, -0.25) is 4.79 Å². The van der Waals surface area contributed by atoms with Crippen molar-refractivity contribution >= 4 is 40.5 Å². The number of carbonyl (C=O) groups excluding carboxylic acids is 1. The number of nitrogens with one attached hydrogen (secondary N) is 1. The van der Waals surface area contributed by atoms with E-state index in [0.29, 0.717) is 15.8 Å². The number of ether oxygens (including phenoxy) is 1. The molecule has 0 bridgehead atoms. The van der Waals surface area contributed by atoms with Gasteiger partial charge in [-0.25, -0.2) is 0 Å². The topological polar surface area (TPSA) is 41.6 Å². The van der Waals surface area contributed by atoms with Crippen molar-refractivity contribution in [2.45, 2.75) is 26.9 Å². The molecule has 0 saturated heterocycles. The van der Waals surface area contributed by atoms with Gasteiger partial charge in [-0.05, 0) is 63.2 Å². The minimum absolute atomic E-state index is 0.249. The van der Waals surface area contributed by atoms with Crippen LogP contribution in [0.5, 0.6) is 5.75 Å². The van der Waals surface area contributed by atoms with Crippen molar-refractivity contribution < 1.29 is 9.53 Å². The predicted molar refractivity (Wildman–Crippen MR) is 105 cm³/mol. The maximum absolute atomic E-state index is 12.3. The SMILES string of the molecule is CCN(CC)c1ccc(NC(=O)[C@@H](C)Oc2ccc(Cl)cc2Cl)cc1. The number of nitrogens with zero attached hydrogens (tertiary/aromatic N) is 1. The normalized spacial score (nSPS) is 11.7. The monoisotopic (exact) mass is 380 g/mol. The van der Waals surface area contributed by atoms with Gasteiger partial charge >= 0.3 is 0 Å². The van der Waals surface area contributed by atoms with Crippen LogP contribution in [0, 0.1) is 0 Å². The second-order valence-electron chi connectivity index (χ2n) is 5.54. The Morgan fingerprint density at radius 1 is 1.12 bits per heavy atom. The second kappa shape index (κ2) is 8.97. The Kier molecular flexibility index (Phi) is 6.97. The fraction of sp³-hybridized carbons (Fsp3) is 0.316. The number of halogens is 2. The lowest BCUT2D eigenvalue weighted by molar-refractivity contribution is -0.122. The molecule has 0 fully saturated rings. The van der Waals surface area contributed by atoms with Gasteiger partial charge in [0.15, 0.2) is 6.10 Å². The van der Waals surface area contributed by atoms with E-state index >= 15 is 0 Å². The van der Waals surface area contributed by atoms with Gasteiger partial charge in [-0.2, -0.15) is 0 Å². The molecule has 6 heteroatoms. The minimum Gasteiger partial charge on any atom is -0.479 e. The van der Waals surface area contributed by atoms with Crippen molar-refractivity contribution in [3.05, 3.63) is 52.5 Å². The molecule has 25 heavy (non-hydrogen) atoms. The van der Waals surface area contributed by atoms with E-state index in [1.165, 1.54) is 0 Å². The third-order valence-corrected chi connectivity index (χ3v) is 4.36. The zero-order valence-electron chi connectivity index (χ0n) is 14.6. The van der Waals surface area contributed by atoms with Gasteiger partial charge < -0.3 is 15.0 Å². The summed E-state index contributed by atoms with van der Waals surface area (Å²) in [5, 5.41) is 3.73. The molecule has 4 nitrogen and oxygen atoms in total. The summed E-state index contributed by atoms with van der Waals surface area (Å²) in [6.07, 6.45) is -0.693. The zero-order valence-corrected chi connectivity index (χ0v) is 16.1. The van der Waals surface area contributed by atoms with E-state index in [-0.39, 0.29) is 5.91 Å². The molecule has 134 valence electrons. The molecule has 1 N–H and O–H groups in total. The van der Waals surface area contributed by atoms with Crippen LogP contribution in [0.25, 0.3) is 0 Å². The number of hydrogen-bond donors (Lipinski definition) is 1. The quantitative estimate of drug-likeness (QED) is 0.713. The van der Waals surface area contributed by atoms with Crippen molar-refractivity contribution in [3.63, 3.8) is 0 Å². The zero-order chi connectivity index (χ0) is 18.4. The summed E-state index contributed by atoms with van der Waals surface area (Å²) in [5.41, 5.74) is 1.85. The first-order valence-corrected chi connectivity index (χ1v) is 8.97. The maximum Gasteiger partial charge on any atom is 0.265 e. The minimum atomic E-state index is -0.693. The van der Waals surface area contributed by atoms with E-state index in [1.54, 1.807) is 25.1 Å². The first-order chi connectivity index (χ1) is 11.9. The van der Waals surface area contributed by atoms with Crippen LogP contribution >= 0.6 is 23.2 Å². The van der Waals surface area contributed by atoms with Crippen LogP contribution in [0.3, 0.4) is 0 Å². The highest BCUT2D eigenvalue weighted by atomic mass is 35.5. The van der Waals surface area contributed by atoms with Crippen LogP contribution in [-0.2, 0) is 4.79 Å². The largest absolute Gasteiger partial charge is 0.479 e. The summed E-state index contributed by atoms with van der Waals surface area (Å²) >= 11 is 11.9. The molecular formula is C19H22Cl2N2O2. The van der Waals surface area contributed by atoms with Crippen molar-refractivity contribution in [2.24, 2.45) is 0 Å². The fourth-order valence-corrected chi connectivity index (χ4v) is 2.86. The highest BCUT2D eigenvalue weighted by Crippen LogP contribution is 2.28. The van der Waals surface area contributed by atoms with Gasteiger partial charge in [0.1, 0.15) is 5.75 Å². The maximum atomic E-state index is 12.3. The van der Waals surface area contributed by atoms with Crippen molar-refractivity contribution in [3.8, 4) is 5.75 Å². The van der Waals surface area contributed by atoms with Gasteiger partial charge in [-0.15, -0.1) is 0 Å². The highest BCUT2D eigenvalue weighted by molar-refractivity contribution is 6.35. The van der Waals surface area contributed by atoms with Gasteiger partial charge in [0, 0.05) is 29.5 Å². The summed E-state index contributed by atoms with van der Waals surface area (Å²) < 4.78 is 5.62. The van der Waals surface area contributed by atoms with Crippen molar-refractivity contribution in [2.75, 3.05) is 23.3 Å². The van der Waals surface area contributed by atoms with Crippen LogP contribution in [-0.4, -0.2) is 25.1 Å². The molecule has 0 aliphatic heterocycles. The lowest BCUT2D eigenvalue weighted by atomic mass is 10.2. The second-order valence-corrected chi connectivity index (χ2v) is 6.39. The molecule has 1 amide bonds. The van der Waals surface area contributed by atoms with E-state index in [0.717, 1.165) is 24.5 Å². The molecular weight excluding hydrogens is 359 g/mol. The molecule has 0 aromatic heterocycles. The summed E-state index contributed by atoms with van der Waals surface area (Å²) in [6.45, 7) is 7.77. The Hall–Kier alpha value is -1.91. The molecule has 0 heterocycles. The Morgan fingerprint density at radius 3 is 2.32 bits per heavy atom. The van der Waals surface area contributed by atoms with E-state index in [4.69, 9.17) is 27.9 Å². The van der Waals surface area contributed by atoms with Crippen LogP contribution < -0.4 is 15.0 Å². The molecule has 0 aliphatic carbocycles. The lowest BCUT2D eigenvalue weighted by Crippen LogP contribution is -2.30. The summed E-state index contributed by atoms with van der Waals surface area (Å²) in [4.78, 5) is 14.5. The third-order valence-electron chi connectivity index (χ3n) is 3.83. The van der Waals surface area contributed by atoms with Gasteiger partial charge in [0.2, 0.25) is 0 Å². The summed E-state index contributed by atoms with van der Waals surface area (Å²) in [7, 11) is 0. The lowest BCUT2D eigenvalue weighted by Gasteiger charge is -2.21. The average molecular weight is 381 g/mol. The molecule has 2 rings (SSSR count). The first-order valence-electron chi connectivity index (χ1n) is 8.22. The van der Waals surface area contributed by atoms with Crippen LogP contribution in [0.15, 0.2) is 42.5 Å². The molecule has 1 atom stereocenters. The number of amides is 1. The van der Waals surface area contributed by atoms with Crippen LogP contribution in [0.4, 0.5) is 11.4 Å². The number of carbonyl (C=O) groups is 1. The number of rotatable bonds is 7. The van der Waals surface area contributed by atoms with Gasteiger partial charge in [0.25, 0.3) is 5.91 Å². The van der Waals surface area contributed by atoms with Crippen molar-refractivity contribution in [1.29, 1.82) is 0 Å². The van der Waals surface area contributed by atoms with Crippen LogP contribution in [0.2, 0.25) is 10.0 Å². The van der Waals surface area contributed by atoms with E-state index < -0.39 is 6.10 Å². The summed E-state index contributed by atoms with van der Waals surface area (Å²) in [6, 6.07) is 12.6. The Morgan fingerprint density at radius 2 is 1.76 bits per heavy atom. The Bertz CT molecular complexity index is 716. The highest BCUT2D eigenvalue weighted by Gasteiger charge is 2.16. The van der Waals surface area contributed by atoms with Gasteiger partial charge in [-0.1, -0.05) is 23.2 Å². The molecule has 0 saturated carbocycles. The first kappa shape index (κ1) is 19.4. The molecule has 0 unspecified atom stereocenters. The average Bonchev–Trinajstić information content (AvgIpc) is 2.59. The molecule has 2 aromatic rings. The standard InChI is InChI=1S/C19H22Cl2N2O2/c1-4-23(5-2)16-9-7-15(8-10-16)22-19(24)13(3)25-18-11-6-14(20)12-17(18)21/h6-13H,4-5H2,1-3H3,(H,22,24)/t13-/m1/s1. The Labute approximate surface area is 158 Å². The Balaban J connectivity index is 1.98. The predicted octanol–water partition coefficient (Wildman–Crippen LogP) is 5.25. The van der Waals surface area contributed by atoms with Gasteiger partial charge in [0.05, 0.1) is 5.02 Å². The van der Waals surface area contributed by atoms with E-state index in [1.807, 2.05) is 24.3 Å². The van der Waals surface area contributed by atoms with E-state index in [2.05, 4.69) is 24.1 Å². The van der Waals surface area contributed by atoms with Crippen molar-refractivity contribution in [1.82, 2.24) is 0 Å². The number of benzene rings is 2. The molecule has 0 spiro atoms. The number of anilines is 2.